The minimum atomic E-state index is -0.0581. The molecule has 2 aromatic rings. The lowest BCUT2D eigenvalue weighted by molar-refractivity contribution is 0.415. The molecule has 0 spiro atoms. The van der Waals surface area contributed by atoms with E-state index in [0.717, 1.165) is 22.6 Å². The van der Waals surface area contributed by atoms with Crippen LogP contribution in [0.1, 0.15) is 11.1 Å². The summed E-state index contributed by atoms with van der Waals surface area (Å²) in [7, 11) is -0.116. The van der Waals surface area contributed by atoms with Crippen LogP contribution in [0.15, 0.2) is 48.5 Å². The first kappa shape index (κ1) is 13.9. The molecule has 2 aromatic carbocycles. The maximum absolute atomic E-state index is 5.54. The molecule has 96 valence electrons. The summed E-state index contributed by atoms with van der Waals surface area (Å²) in [5, 5.41) is 0. The van der Waals surface area contributed by atoms with E-state index in [1.54, 1.807) is 0 Å². The Labute approximate surface area is 118 Å². The first-order valence-corrected chi connectivity index (χ1v) is 7.51. The van der Waals surface area contributed by atoms with Crippen LogP contribution >= 0.6 is 0 Å². The fraction of sp³-hybridized carbons (Fsp3) is 0.143. The molecular weight excluding hydrogens is 272 g/mol. The van der Waals surface area contributed by atoms with E-state index in [2.05, 4.69) is 0 Å². The summed E-state index contributed by atoms with van der Waals surface area (Å²) in [4.78, 5) is 0. The zero-order chi connectivity index (χ0) is 13.5. The molecule has 0 fully saturated rings. The summed E-state index contributed by atoms with van der Waals surface area (Å²) in [5.41, 5.74) is 2.20. The Morgan fingerprint density at radius 1 is 0.684 bits per heavy atom. The van der Waals surface area contributed by atoms with Gasteiger partial charge in [-0.25, -0.2) is 0 Å². The molecule has 3 nitrogen and oxygen atoms in total. The van der Waals surface area contributed by atoms with Crippen LogP contribution in [0.5, 0.6) is 11.5 Å². The highest BCUT2D eigenvalue weighted by molar-refractivity contribution is 6.35. The summed E-state index contributed by atoms with van der Waals surface area (Å²) in [5.74, 6) is 1.70. The molecule has 0 aliphatic heterocycles. The predicted molar refractivity (Wildman–Crippen MR) is 76.2 cm³/mol. The lowest BCUT2D eigenvalue weighted by Gasteiger charge is -2.08. The minimum absolute atomic E-state index is 0.0581. The van der Waals surface area contributed by atoms with Gasteiger partial charge in [-0.15, -0.1) is 0 Å². The molecule has 0 aliphatic carbocycles. The molecule has 0 amide bonds. The SMILES string of the molecule is Cc1ccccc1O[Si]O[Si]Oc1ccccc1C. The van der Waals surface area contributed by atoms with Crippen LogP contribution in [0.4, 0.5) is 0 Å². The van der Waals surface area contributed by atoms with E-state index in [-0.39, 0.29) is 20.0 Å². The van der Waals surface area contributed by atoms with Crippen molar-refractivity contribution >= 4 is 20.0 Å². The van der Waals surface area contributed by atoms with Gasteiger partial charge in [0.25, 0.3) is 0 Å². The second-order valence-electron chi connectivity index (χ2n) is 4.00. The van der Waals surface area contributed by atoms with E-state index in [9.17, 15) is 0 Å². The van der Waals surface area contributed by atoms with E-state index < -0.39 is 0 Å². The van der Waals surface area contributed by atoms with Crippen LogP contribution in [-0.2, 0) is 4.12 Å². The smallest absolute Gasteiger partial charge is 0.511 e. The van der Waals surface area contributed by atoms with Crippen LogP contribution in [0.2, 0.25) is 0 Å². The Bertz CT molecular complexity index is 484. The van der Waals surface area contributed by atoms with E-state index in [1.807, 2.05) is 62.4 Å². The molecular formula is C14H14O3Si2. The van der Waals surface area contributed by atoms with Crippen molar-refractivity contribution in [2.45, 2.75) is 13.8 Å². The standard InChI is InChI=1S/C14H14O3Si2/c1-11-7-3-5-9-13(11)15-18-17-19-16-14-10-6-4-8-12(14)2/h3-10H,1-2H3. The number of hydrogen-bond acceptors (Lipinski definition) is 3. The van der Waals surface area contributed by atoms with Gasteiger partial charge in [-0.1, -0.05) is 36.4 Å². The molecule has 0 saturated carbocycles. The summed E-state index contributed by atoms with van der Waals surface area (Å²) in [6, 6.07) is 15.7. The molecule has 0 aliphatic rings. The normalized spacial score (nSPS) is 10.2. The van der Waals surface area contributed by atoms with E-state index in [1.165, 1.54) is 0 Å². The van der Waals surface area contributed by atoms with Gasteiger partial charge in [-0.3, -0.25) is 0 Å². The maximum atomic E-state index is 5.54. The number of hydrogen-bond donors (Lipinski definition) is 0. The second kappa shape index (κ2) is 7.13. The Kier molecular flexibility index (Phi) is 5.20. The average Bonchev–Trinajstić information content (AvgIpc) is 2.42. The molecule has 4 radical (unpaired) electrons. The van der Waals surface area contributed by atoms with Crippen molar-refractivity contribution in [1.29, 1.82) is 0 Å². The van der Waals surface area contributed by atoms with Crippen molar-refractivity contribution in [2.75, 3.05) is 0 Å². The molecule has 0 heterocycles. The number of para-hydroxylation sites is 2. The lowest BCUT2D eigenvalue weighted by atomic mass is 10.2. The first-order valence-electron chi connectivity index (χ1n) is 5.88. The number of aryl methyl sites for hydroxylation is 2. The van der Waals surface area contributed by atoms with Crippen LogP contribution in [0.25, 0.3) is 0 Å². The van der Waals surface area contributed by atoms with Crippen molar-refractivity contribution in [2.24, 2.45) is 0 Å². The molecule has 19 heavy (non-hydrogen) atoms. The number of benzene rings is 2. The quantitative estimate of drug-likeness (QED) is 0.604. The monoisotopic (exact) mass is 286 g/mol. The Balaban J connectivity index is 1.71. The Morgan fingerprint density at radius 3 is 1.53 bits per heavy atom. The molecule has 0 atom stereocenters. The van der Waals surface area contributed by atoms with Crippen LogP contribution in [-0.4, -0.2) is 20.0 Å². The van der Waals surface area contributed by atoms with Gasteiger partial charge in [-0.2, -0.15) is 0 Å². The zero-order valence-electron chi connectivity index (χ0n) is 10.8. The predicted octanol–water partition coefficient (Wildman–Crippen LogP) is 2.85. The van der Waals surface area contributed by atoms with Gasteiger partial charge in [0, 0.05) is 0 Å². The molecule has 0 saturated heterocycles. The lowest BCUT2D eigenvalue weighted by Crippen LogP contribution is -2.16. The summed E-state index contributed by atoms with van der Waals surface area (Å²) in [6.07, 6.45) is 0. The van der Waals surface area contributed by atoms with Crippen LogP contribution in [0.3, 0.4) is 0 Å². The van der Waals surface area contributed by atoms with Crippen molar-refractivity contribution in [1.82, 2.24) is 0 Å². The van der Waals surface area contributed by atoms with Crippen LogP contribution < -0.4 is 8.85 Å². The maximum Gasteiger partial charge on any atom is 0.511 e. The highest BCUT2D eigenvalue weighted by Crippen LogP contribution is 2.16. The van der Waals surface area contributed by atoms with Crippen molar-refractivity contribution in [3.05, 3.63) is 59.7 Å². The van der Waals surface area contributed by atoms with Gasteiger partial charge in [0.2, 0.25) is 0 Å². The molecule has 5 heteroatoms. The van der Waals surface area contributed by atoms with Crippen molar-refractivity contribution < 1.29 is 13.0 Å². The molecule has 2 rings (SSSR count). The third kappa shape index (κ3) is 4.23. The van der Waals surface area contributed by atoms with Gasteiger partial charge < -0.3 is 13.0 Å². The molecule has 0 N–H and O–H groups in total. The third-order valence-corrected chi connectivity index (χ3v) is 3.85. The third-order valence-electron chi connectivity index (χ3n) is 2.57. The Hall–Kier alpha value is -1.57. The number of rotatable bonds is 6. The average molecular weight is 286 g/mol. The fourth-order valence-electron chi connectivity index (χ4n) is 1.49. The van der Waals surface area contributed by atoms with Gasteiger partial charge >= 0.3 is 20.0 Å². The summed E-state index contributed by atoms with van der Waals surface area (Å²) >= 11 is 0. The Morgan fingerprint density at radius 2 is 1.11 bits per heavy atom. The molecule has 0 unspecified atom stereocenters. The molecule has 0 bridgehead atoms. The fourth-order valence-corrected chi connectivity index (χ4v) is 2.60. The van der Waals surface area contributed by atoms with E-state index >= 15 is 0 Å². The van der Waals surface area contributed by atoms with Crippen molar-refractivity contribution in [3.8, 4) is 11.5 Å². The minimum Gasteiger partial charge on any atom is -0.518 e. The van der Waals surface area contributed by atoms with Crippen molar-refractivity contribution in [3.63, 3.8) is 0 Å². The molecule has 0 aromatic heterocycles. The van der Waals surface area contributed by atoms with E-state index in [0.29, 0.717) is 0 Å². The summed E-state index contributed by atoms with van der Waals surface area (Å²) < 4.78 is 16.4. The van der Waals surface area contributed by atoms with E-state index in [4.69, 9.17) is 13.0 Å². The second-order valence-corrected chi connectivity index (χ2v) is 5.56. The van der Waals surface area contributed by atoms with Gasteiger partial charge in [0.1, 0.15) is 11.5 Å². The van der Waals surface area contributed by atoms with Crippen LogP contribution in [0, 0.1) is 13.8 Å². The topological polar surface area (TPSA) is 27.7 Å². The summed E-state index contributed by atoms with van der Waals surface area (Å²) in [6.45, 7) is 4.01. The zero-order valence-corrected chi connectivity index (χ0v) is 12.8. The highest BCUT2D eigenvalue weighted by atomic mass is 28.3. The van der Waals surface area contributed by atoms with Gasteiger partial charge in [-0.05, 0) is 37.1 Å². The largest absolute Gasteiger partial charge is 0.518 e. The van der Waals surface area contributed by atoms with Gasteiger partial charge in [0.05, 0.1) is 0 Å². The first-order chi connectivity index (χ1) is 9.27. The van der Waals surface area contributed by atoms with Gasteiger partial charge in [0.15, 0.2) is 0 Å². The highest BCUT2D eigenvalue weighted by Gasteiger charge is 2.04.